The Morgan fingerprint density at radius 1 is 1.19 bits per heavy atom. The second kappa shape index (κ2) is 8.52. The zero-order valence-electron chi connectivity index (χ0n) is 15.6. The molecule has 0 spiro atoms. The molecule has 8 heteroatoms. The van der Waals surface area contributed by atoms with Crippen LogP contribution in [0, 0.1) is 11.3 Å². The van der Waals surface area contributed by atoms with Crippen LogP contribution in [0.4, 0.5) is 5.69 Å². The molecular formula is C18H26N4O3S. The number of rotatable bonds is 6. The van der Waals surface area contributed by atoms with Crippen molar-refractivity contribution in [3.8, 4) is 6.07 Å². The van der Waals surface area contributed by atoms with Crippen LogP contribution in [-0.2, 0) is 10.0 Å². The Kier molecular flexibility index (Phi) is 6.62. The van der Waals surface area contributed by atoms with Gasteiger partial charge in [-0.2, -0.15) is 5.26 Å². The number of hydrogen-bond acceptors (Lipinski definition) is 5. The minimum atomic E-state index is -3.63. The fourth-order valence-corrected chi connectivity index (χ4v) is 3.92. The van der Waals surface area contributed by atoms with Gasteiger partial charge in [-0.1, -0.05) is 0 Å². The number of hydrogen-bond donors (Lipinski definition) is 0. The minimum Gasteiger partial charge on any atom is -0.371 e. The van der Waals surface area contributed by atoms with E-state index < -0.39 is 10.0 Å². The Bertz CT molecular complexity index is 793. The summed E-state index contributed by atoms with van der Waals surface area (Å²) < 4.78 is 26.1. The number of carbonyl (C=O) groups excluding carboxylic acids is 1. The Labute approximate surface area is 155 Å². The fraction of sp³-hybridized carbons (Fsp3) is 0.556. The van der Waals surface area contributed by atoms with Crippen molar-refractivity contribution >= 4 is 21.6 Å². The summed E-state index contributed by atoms with van der Waals surface area (Å²) in [6, 6.07) is 6.78. The van der Waals surface area contributed by atoms with Crippen LogP contribution in [-0.4, -0.2) is 64.3 Å². The molecule has 0 radical (unpaired) electrons. The number of amides is 1. The maximum absolute atomic E-state index is 12.9. The molecule has 0 N–H and O–H groups in total. The van der Waals surface area contributed by atoms with Gasteiger partial charge in [0.15, 0.2) is 0 Å². The Hall–Kier alpha value is -2.11. The molecule has 2 rings (SSSR count). The lowest BCUT2D eigenvalue weighted by Gasteiger charge is -2.31. The maximum Gasteiger partial charge on any atom is 0.255 e. The van der Waals surface area contributed by atoms with Gasteiger partial charge in [-0.3, -0.25) is 4.79 Å². The van der Waals surface area contributed by atoms with Crippen molar-refractivity contribution in [1.29, 1.82) is 5.26 Å². The zero-order chi connectivity index (χ0) is 19.3. The highest BCUT2D eigenvalue weighted by Crippen LogP contribution is 2.28. The first kappa shape index (κ1) is 20.2. The number of nitriles is 1. The van der Waals surface area contributed by atoms with Gasteiger partial charge in [-0.25, -0.2) is 12.7 Å². The van der Waals surface area contributed by atoms with Crippen molar-refractivity contribution in [3.05, 3.63) is 23.8 Å². The van der Waals surface area contributed by atoms with Gasteiger partial charge in [-0.05, 0) is 37.5 Å². The molecule has 26 heavy (non-hydrogen) atoms. The first-order valence-electron chi connectivity index (χ1n) is 8.73. The van der Waals surface area contributed by atoms with Gasteiger partial charge >= 0.3 is 0 Å². The Morgan fingerprint density at radius 3 is 2.42 bits per heavy atom. The zero-order valence-corrected chi connectivity index (χ0v) is 16.4. The summed E-state index contributed by atoms with van der Waals surface area (Å²) in [6.45, 7) is 2.00. The lowest BCUT2D eigenvalue weighted by atomic mass is 10.1. The van der Waals surface area contributed by atoms with Crippen molar-refractivity contribution in [2.24, 2.45) is 0 Å². The third-order valence-electron chi connectivity index (χ3n) is 4.58. The summed E-state index contributed by atoms with van der Waals surface area (Å²) in [6.07, 6.45) is 3.50. The summed E-state index contributed by atoms with van der Waals surface area (Å²) in [5.41, 5.74) is 1.13. The number of anilines is 1. The highest BCUT2D eigenvalue weighted by Gasteiger charge is 2.25. The predicted octanol–water partition coefficient (Wildman–Crippen LogP) is 1.91. The van der Waals surface area contributed by atoms with Gasteiger partial charge < -0.3 is 9.80 Å². The monoisotopic (exact) mass is 378 g/mol. The molecule has 0 aliphatic carbocycles. The fourth-order valence-electron chi connectivity index (χ4n) is 2.99. The summed E-state index contributed by atoms with van der Waals surface area (Å²) >= 11 is 0. The Balaban J connectivity index is 2.48. The summed E-state index contributed by atoms with van der Waals surface area (Å²) in [4.78, 5) is 16.7. The number of sulfonamides is 1. The molecule has 1 aliphatic heterocycles. The van der Waals surface area contributed by atoms with E-state index in [1.165, 1.54) is 25.1 Å². The molecule has 1 amide bonds. The second-order valence-corrected chi connectivity index (χ2v) is 8.80. The smallest absolute Gasteiger partial charge is 0.255 e. The number of benzene rings is 1. The van der Waals surface area contributed by atoms with Gasteiger partial charge in [0.05, 0.1) is 22.9 Å². The number of piperidine rings is 1. The number of nitrogens with zero attached hydrogens (tertiary/aromatic N) is 4. The minimum absolute atomic E-state index is 0.0975. The molecule has 0 unspecified atom stereocenters. The molecule has 1 fully saturated rings. The molecule has 1 heterocycles. The molecule has 1 saturated heterocycles. The normalized spacial score (nSPS) is 15.0. The van der Waals surface area contributed by atoms with E-state index in [1.54, 1.807) is 19.2 Å². The van der Waals surface area contributed by atoms with E-state index in [0.29, 0.717) is 12.1 Å². The molecule has 0 saturated carbocycles. The van der Waals surface area contributed by atoms with Crippen molar-refractivity contribution in [3.63, 3.8) is 0 Å². The lowest BCUT2D eigenvalue weighted by molar-refractivity contribution is 0.0798. The van der Waals surface area contributed by atoms with Crippen molar-refractivity contribution in [2.45, 2.75) is 30.6 Å². The van der Waals surface area contributed by atoms with E-state index in [9.17, 15) is 13.2 Å². The SMILES string of the molecule is CN(CCC#N)C(=O)c1cc(S(=O)(=O)N(C)C)ccc1N1CCCCC1. The maximum atomic E-state index is 12.9. The quantitative estimate of drug-likeness (QED) is 0.755. The van der Waals surface area contributed by atoms with Crippen LogP contribution < -0.4 is 4.90 Å². The highest BCUT2D eigenvalue weighted by molar-refractivity contribution is 7.89. The second-order valence-electron chi connectivity index (χ2n) is 6.65. The molecule has 7 nitrogen and oxygen atoms in total. The first-order chi connectivity index (χ1) is 12.3. The van der Waals surface area contributed by atoms with E-state index >= 15 is 0 Å². The largest absolute Gasteiger partial charge is 0.371 e. The average molecular weight is 378 g/mol. The predicted molar refractivity (Wildman–Crippen MR) is 101 cm³/mol. The van der Waals surface area contributed by atoms with Crippen LogP contribution in [0.3, 0.4) is 0 Å². The van der Waals surface area contributed by atoms with E-state index in [-0.39, 0.29) is 17.2 Å². The van der Waals surface area contributed by atoms with E-state index in [4.69, 9.17) is 5.26 Å². The third-order valence-corrected chi connectivity index (χ3v) is 6.39. The van der Waals surface area contributed by atoms with E-state index in [2.05, 4.69) is 4.90 Å². The lowest BCUT2D eigenvalue weighted by Crippen LogP contribution is -2.34. The summed E-state index contributed by atoms with van der Waals surface area (Å²) in [5.74, 6) is -0.267. The summed E-state index contributed by atoms with van der Waals surface area (Å²) in [7, 11) is 0.934. The van der Waals surface area contributed by atoms with Crippen molar-refractivity contribution in [1.82, 2.24) is 9.21 Å². The van der Waals surface area contributed by atoms with Crippen LogP contribution >= 0.6 is 0 Å². The van der Waals surface area contributed by atoms with Crippen LogP contribution in [0.15, 0.2) is 23.1 Å². The highest BCUT2D eigenvalue weighted by atomic mass is 32.2. The van der Waals surface area contributed by atoms with Gasteiger partial charge in [0, 0.05) is 46.5 Å². The molecule has 1 aliphatic rings. The molecule has 142 valence electrons. The third kappa shape index (κ3) is 4.34. The summed E-state index contributed by atoms with van der Waals surface area (Å²) in [5, 5.41) is 8.76. The number of carbonyl (C=O) groups is 1. The Morgan fingerprint density at radius 2 is 1.85 bits per heavy atom. The molecule has 0 atom stereocenters. The standard InChI is InChI=1S/C18H26N4O3S/c1-20(2)26(24,25)15-8-9-17(22-12-5-4-6-13-22)16(14-15)18(23)21(3)11-7-10-19/h8-9,14H,4-7,11-13H2,1-3H3. The van der Waals surface area contributed by atoms with Crippen molar-refractivity contribution in [2.75, 3.05) is 45.7 Å². The van der Waals surface area contributed by atoms with Gasteiger partial charge in [-0.15, -0.1) is 0 Å². The molecule has 1 aromatic rings. The average Bonchev–Trinajstić information content (AvgIpc) is 2.65. The van der Waals surface area contributed by atoms with E-state index in [0.717, 1.165) is 42.3 Å². The topological polar surface area (TPSA) is 84.7 Å². The van der Waals surface area contributed by atoms with Gasteiger partial charge in [0.25, 0.3) is 5.91 Å². The first-order valence-corrected chi connectivity index (χ1v) is 10.2. The molecule has 0 aromatic heterocycles. The molecule has 0 bridgehead atoms. The van der Waals surface area contributed by atoms with Gasteiger partial charge in [0.1, 0.15) is 0 Å². The van der Waals surface area contributed by atoms with Crippen LogP contribution in [0.25, 0.3) is 0 Å². The van der Waals surface area contributed by atoms with Crippen molar-refractivity contribution < 1.29 is 13.2 Å². The molecular weight excluding hydrogens is 352 g/mol. The van der Waals surface area contributed by atoms with Crippen LogP contribution in [0.5, 0.6) is 0 Å². The van der Waals surface area contributed by atoms with Crippen LogP contribution in [0.1, 0.15) is 36.0 Å². The molecule has 1 aromatic carbocycles. The van der Waals surface area contributed by atoms with Crippen LogP contribution in [0.2, 0.25) is 0 Å². The van der Waals surface area contributed by atoms with E-state index in [1.807, 2.05) is 6.07 Å². The van der Waals surface area contributed by atoms with Gasteiger partial charge in [0.2, 0.25) is 10.0 Å².